The third-order valence-corrected chi connectivity index (χ3v) is 3.21. The molecule has 1 N–H and O–H groups in total. The van der Waals surface area contributed by atoms with Crippen molar-refractivity contribution in [2.45, 2.75) is 26.9 Å². The van der Waals surface area contributed by atoms with E-state index in [9.17, 15) is 0 Å². The minimum atomic E-state index is 0.716. The molecule has 0 atom stereocenters. The second-order valence-electron chi connectivity index (χ2n) is 4.86. The average Bonchev–Trinajstić information content (AvgIpc) is 2.79. The summed E-state index contributed by atoms with van der Waals surface area (Å²) in [5.74, 6) is 2.03. The fourth-order valence-electron chi connectivity index (χ4n) is 2.01. The van der Waals surface area contributed by atoms with Crippen LogP contribution in [0.2, 0.25) is 0 Å². The molecule has 1 aromatic heterocycles. The average molecular weight is 284 g/mol. The largest absolute Gasteiger partial charge is 0.463 e. The summed E-state index contributed by atoms with van der Waals surface area (Å²) in [6, 6.07) is 2.12. The van der Waals surface area contributed by atoms with Gasteiger partial charge in [-0.2, -0.15) is 0 Å². The van der Waals surface area contributed by atoms with E-state index >= 15 is 0 Å². The van der Waals surface area contributed by atoms with E-state index in [0.717, 1.165) is 44.2 Å². The topological polar surface area (TPSA) is 46.9 Å². The molecule has 0 fully saturated rings. The van der Waals surface area contributed by atoms with Crippen LogP contribution in [0.15, 0.2) is 10.5 Å². The maximum absolute atomic E-state index is 5.92. The molecule has 0 aliphatic heterocycles. The van der Waals surface area contributed by atoms with Gasteiger partial charge >= 0.3 is 0 Å². The van der Waals surface area contributed by atoms with E-state index in [-0.39, 0.29) is 0 Å². The molecule has 116 valence electrons. The van der Waals surface area contributed by atoms with Gasteiger partial charge in [-0.05, 0) is 25.1 Å². The van der Waals surface area contributed by atoms with Crippen LogP contribution in [0.4, 0.5) is 0 Å². The predicted molar refractivity (Wildman–Crippen MR) is 79.9 cm³/mol. The van der Waals surface area contributed by atoms with E-state index in [2.05, 4.69) is 30.1 Å². The monoisotopic (exact) mass is 284 g/mol. The van der Waals surface area contributed by atoms with Crippen molar-refractivity contribution in [3.05, 3.63) is 23.2 Å². The minimum absolute atomic E-state index is 0.716. The number of nitrogens with zero attached hydrogens (tertiary/aromatic N) is 1. The highest BCUT2D eigenvalue weighted by Gasteiger charge is 2.11. The van der Waals surface area contributed by atoms with Gasteiger partial charge in [0.2, 0.25) is 0 Å². The van der Waals surface area contributed by atoms with Crippen molar-refractivity contribution in [2.75, 3.05) is 47.1 Å². The Bertz CT molecular complexity index is 358. The number of hydrogen-bond donors (Lipinski definition) is 1. The third kappa shape index (κ3) is 6.05. The van der Waals surface area contributed by atoms with Gasteiger partial charge in [0.25, 0.3) is 0 Å². The van der Waals surface area contributed by atoms with Gasteiger partial charge in [-0.3, -0.25) is 4.90 Å². The first-order valence-corrected chi connectivity index (χ1v) is 7.20. The van der Waals surface area contributed by atoms with Crippen LogP contribution in [0.1, 0.15) is 24.0 Å². The summed E-state index contributed by atoms with van der Waals surface area (Å²) in [5, 5.41) is 3.29. The lowest BCUT2D eigenvalue weighted by Gasteiger charge is -2.20. The van der Waals surface area contributed by atoms with Crippen LogP contribution < -0.4 is 5.32 Å². The molecular formula is C15H28N2O3. The van der Waals surface area contributed by atoms with E-state index < -0.39 is 0 Å². The zero-order chi connectivity index (χ0) is 14.8. The molecule has 0 saturated carbocycles. The lowest BCUT2D eigenvalue weighted by molar-refractivity contribution is 0.106. The van der Waals surface area contributed by atoms with Gasteiger partial charge in [-0.15, -0.1) is 0 Å². The van der Waals surface area contributed by atoms with Crippen LogP contribution in [0.3, 0.4) is 0 Å². The number of rotatable bonds is 11. The number of ether oxygens (including phenoxy) is 2. The Morgan fingerprint density at radius 3 is 2.40 bits per heavy atom. The van der Waals surface area contributed by atoms with Gasteiger partial charge < -0.3 is 19.2 Å². The molecule has 0 unspecified atom stereocenters. The van der Waals surface area contributed by atoms with Crippen molar-refractivity contribution in [2.24, 2.45) is 0 Å². The Morgan fingerprint density at radius 2 is 1.85 bits per heavy atom. The molecule has 0 aliphatic rings. The van der Waals surface area contributed by atoms with Gasteiger partial charge in [0.05, 0.1) is 26.3 Å². The van der Waals surface area contributed by atoms with Crippen molar-refractivity contribution in [1.82, 2.24) is 10.2 Å². The summed E-state index contributed by atoms with van der Waals surface area (Å²) in [7, 11) is 3.44. The molecular weight excluding hydrogens is 256 g/mol. The predicted octanol–water partition coefficient (Wildman–Crippen LogP) is 1.79. The first-order valence-electron chi connectivity index (χ1n) is 7.20. The smallest absolute Gasteiger partial charge is 0.120 e. The number of nitrogens with one attached hydrogen (secondary N) is 1. The molecule has 0 radical (unpaired) electrons. The molecule has 0 amide bonds. The summed E-state index contributed by atoms with van der Waals surface area (Å²) < 4.78 is 16.2. The van der Waals surface area contributed by atoms with Crippen molar-refractivity contribution >= 4 is 0 Å². The number of aryl methyl sites for hydroxylation is 1. The standard InChI is InChI=1S/C15H28N2O3/c1-5-16-11-15-13(2)10-14(20-15)12-17(6-8-18-3)7-9-19-4/h10,16H,5-9,11-12H2,1-4H3. The lowest BCUT2D eigenvalue weighted by Crippen LogP contribution is -2.30. The Balaban J connectivity index is 2.57. The zero-order valence-electron chi connectivity index (χ0n) is 13.2. The third-order valence-electron chi connectivity index (χ3n) is 3.21. The van der Waals surface area contributed by atoms with Crippen LogP contribution in [-0.2, 0) is 22.6 Å². The van der Waals surface area contributed by atoms with Crippen LogP contribution in [0.25, 0.3) is 0 Å². The first kappa shape index (κ1) is 17.2. The Labute approximate surface area is 122 Å². The molecule has 0 aromatic carbocycles. The molecule has 20 heavy (non-hydrogen) atoms. The van der Waals surface area contributed by atoms with E-state index in [1.54, 1.807) is 14.2 Å². The number of furan rings is 1. The maximum atomic E-state index is 5.92. The summed E-state index contributed by atoms with van der Waals surface area (Å²) in [6.07, 6.45) is 0. The highest BCUT2D eigenvalue weighted by molar-refractivity contribution is 5.20. The normalized spacial score (nSPS) is 11.4. The molecule has 1 aromatic rings. The number of hydrogen-bond acceptors (Lipinski definition) is 5. The van der Waals surface area contributed by atoms with Crippen molar-refractivity contribution in [3.63, 3.8) is 0 Å². The summed E-state index contributed by atoms with van der Waals surface area (Å²) >= 11 is 0. The first-order chi connectivity index (χ1) is 9.71. The summed E-state index contributed by atoms with van der Waals surface area (Å²) in [4.78, 5) is 2.28. The molecule has 5 heteroatoms. The van der Waals surface area contributed by atoms with E-state index in [0.29, 0.717) is 13.2 Å². The SMILES string of the molecule is CCNCc1oc(CN(CCOC)CCOC)cc1C. The summed E-state index contributed by atoms with van der Waals surface area (Å²) in [5.41, 5.74) is 1.21. The number of methoxy groups -OCH3 is 2. The lowest BCUT2D eigenvalue weighted by atomic mass is 10.2. The summed E-state index contributed by atoms with van der Waals surface area (Å²) in [6.45, 7) is 9.90. The quantitative estimate of drug-likeness (QED) is 0.671. The molecule has 0 bridgehead atoms. The van der Waals surface area contributed by atoms with Crippen LogP contribution in [0.5, 0.6) is 0 Å². The fraction of sp³-hybridized carbons (Fsp3) is 0.733. The Morgan fingerprint density at radius 1 is 1.20 bits per heavy atom. The second-order valence-corrected chi connectivity index (χ2v) is 4.86. The second kappa shape index (κ2) is 9.94. The maximum Gasteiger partial charge on any atom is 0.120 e. The van der Waals surface area contributed by atoms with Gasteiger partial charge in [-0.25, -0.2) is 0 Å². The van der Waals surface area contributed by atoms with Gasteiger partial charge in [0.1, 0.15) is 11.5 Å². The Hall–Kier alpha value is -0.880. The zero-order valence-corrected chi connectivity index (χ0v) is 13.2. The molecule has 5 nitrogen and oxygen atoms in total. The van der Waals surface area contributed by atoms with E-state index in [1.807, 2.05) is 0 Å². The highest BCUT2D eigenvalue weighted by atomic mass is 16.5. The minimum Gasteiger partial charge on any atom is -0.463 e. The van der Waals surface area contributed by atoms with Crippen molar-refractivity contribution in [1.29, 1.82) is 0 Å². The molecule has 0 aliphatic carbocycles. The fourth-order valence-corrected chi connectivity index (χ4v) is 2.01. The van der Waals surface area contributed by atoms with Crippen molar-refractivity contribution < 1.29 is 13.9 Å². The van der Waals surface area contributed by atoms with Gasteiger partial charge in [0, 0.05) is 27.3 Å². The Kier molecular flexibility index (Phi) is 8.53. The van der Waals surface area contributed by atoms with E-state index in [4.69, 9.17) is 13.9 Å². The molecule has 1 rings (SSSR count). The molecule has 1 heterocycles. The molecule has 0 spiro atoms. The van der Waals surface area contributed by atoms with Crippen LogP contribution >= 0.6 is 0 Å². The highest BCUT2D eigenvalue weighted by Crippen LogP contribution is 2.16. The van der Waals surface area contributed by atoms with Gasteiger partial charge in [-0.1, -0.05) is 6.92 Å². The van der Waals surface area contributed by atoms with Crippen LogP contribution in [-0.4, -0.2) is 52.0 Å². The van der Waals surface area contributed by atoms with Gasteiger partial charge in [0.15, 0.2) is 0 Å². The molecule has 0 saturated heterocycles. The van der Waals surface area contributed by atoms with Crippen molar-refractivity contribution in [3.8, 4) is 0 Å². The van der Waals surface area contributed by atoms with Crippen LogP contribution in [0, 0.1) is 6.92 Å². The van der Waals surface area contributed by atoms with E-state index in [1.165, 1.54) is 5.56 Å².